The van der Waals surface area contributed by atoms with Crippen molar-refractivity contribution >= 4 is 39.3 Å². The largest absolute Gasteiger partial charge is 0.325 e. The molecule has 0 spiro atoms. The fourth-order valence-electron chi connectivity index (χ4n) is 3.46. The molecule has 0 amide bonds. The van der Waals surface area contributed by atoms with Gasteiger partial charge in [0.1, 0.15) is 5.01 Å². The van der Waals surface area contributed by atoms with Gasteiger partial charge < -0.3 is 4.57 Å². The zero-order valence-electron chi connectivity index (χ0n) is 14.9. The first-order valence-corrected chi connectivity index (χ1v) is 9.66. The summed E-state index contributed by atoms with van der Waals surface area (Å²) < 4.78 is 3.04. The molecule has 3 aromatic heterocycles. The molecular weight excluding hydrogens is 372 g/mol. The maximum Gasteiger partial charge on any atom is 0.199 e. The normalized spacial score (nSPS) is 13.4. The van der Waals surface area contributed by atoms with Gasteiger partial charge in [0, 0.05) is 17.8 Å². The summed E-state index contributed by atoms with van der Waals surface area (Å²) in [4.78, 5) is 30.0. The molecule has 0 saturated heterocycles. The standard InChI is InChI=1S/C21H14N4O2S/c1-2-25-13(8-14-18(26)15-10-22-23-11-16(15)19(14)27)9-17-20(25)24-21(28-17)12-6-4-3-5-7-12/h3-11H,2H2,1H3. The van der Waals surface area contributed by atoms with E-state index in [-0.39, 0.29) is 17.1 Å². The van der Waals surface area contributed by atoms with Crippen molar-refractivity contribution in [3.63, 3.8) is 0 Å². The Morgan fingerprint density at radius 1 is 1.04 bits per heavy atom. The lowest BCUT2D eigenvalue weighted by molar-refractivity contribution is 0.0990. The molecular formula is C21H14N4O2S. The molecule has 28 heavy (non-hydrogen) atoms. The lowest BCUT2D eigenvalue weighted by Gasteiger charge is -2.03. The molecule has 1 aliphatic carbocycles. The Balaban J connectivity index is 1.61. The predicted octanol–water partition coefficient (Wildman–Crippen LogP) is 4.04. The Labute approximate surface area is 164 Å². The van der Waals surface area contributed by atoms with Gasteiger partial charge in [-0.2, -0.15) is 10.2 Å². The third kappa shape index (κ3) is 2.44. The lowest BCUT2D eigenvalue weighted by Crippen LogP contribution is -2.03. The van der Waals surface area contributed by atoms with E-state index in [4.69, 9.17) is 4.98 Å². The quantitative estimate of drug-likeness (QED) is 0.392. The van der Waals surface area contributed by atoms with Gasteiger partial charge in [0.25, 0.3) is 0 Å². The number of Topliss-reactive ketones (excluding diaryl/α,β-unsaturated/α-hetero) is 2. The average molecular weight is 386 g/mol. The van der Waals surface area contributed by atoms with Gasteiger partial charge in [-0.1, -0.05) is 30.3 Å². The van der Waals surface area contributed by atoms with Gasteiger partial charge in [0.05, 0.1) is 33.8 Å². The number of carbonyl (C=O) groups excluding carboxylic acids is 2. The molecule has 0 aliphatic heterocycles. The number of nitrogens with zero attached hydrogens (tertiary/aromatic N) is 4. The van der Waals surface area contributed by atoms with Crippen LogP contribution in [0.3, 0.4) is 0 Å². The van der Waals surface area contributed by atoms with Gasteiger partial charge in [-0.25, -0.2) is 4.98 Å². The van der Waals surface area contributed by atoms with Crippen molar-refractivity contribution in [1.29, 1.82) is 0 Å². The fourth-order valence-corrected chi connectivity index (χ4v) is 4.48. The van der Waals surface area contributed by atoms with Gasteiger partial charge in [-0.3, -0.25) is 9.59 Å². The Morgan fingerprint density at radius 2 is 1.71 bits per heavy atom. The van der Waals surface area contributed by atoms with Crippen LogP contribution < -0.4 is 0 Å². The summed E-state index contributed by atoms with van der Waals surface area (Å²) in [6, 6.07) is 12.0. The zero-order chi connectivity index (χ0) is 19.3. The summed E-state index contributed by atoms with van der Waals surface area (Å²) in [5.74, 6) is -0.611. The number of fused-ring (bicyclic) bond motifs is 2. The monoisotopic (exact) mass is 386 g/mol. The van der Waals surface area contributed by atoms with Crippen molar-refractivity contribution in [2.45, 2.75) is 13.5 Å². The van der Waals surface area contributed by atoms with Gasteiger partial charge in [0.2, 0.25) is 0 Å². The van der Waals surface area contributed by atoms with E-state index >= 15 is 0 Å². The molecule has 0 bridgehead atoms. The summed E-state index contributed by atoms with van der Waals surface area (Å²) in [5.41, 5.74) is 3.49. The Hall–Kier alpha value is -3.45. The lowest BCUT2D eigenvalue weighted by atomic mass is 10.1. The van der Waals surface area contributed by atoms with Gasteiger partial charge in [0.15, 0.2) is 17.2 Å². The minimum atomic E-state index is -0.306. The summed E-state index contributed by atoms with van der Waals surface area (Å²) in [5, 5.41) is 8.38. The van der Waals surface area contributed by atoms with Crippen LogP contribution in [0.1, 0.15) is 33.3 Å². The van der Waals surface area contributed by atoms with Crippen LogP contribution in [0.25, 0.3) is 27.0 Å². The van der Waals surface area contributed by atoms with E-state index in [1.54, 1.807) is 17.4 Å². The van der Waals surface area contributed by atoms with E-state index in [0.717, 1.165) is 26.6 Å². The van der Waals surface area contributed by atoms with Crippen molar-refractivity contribution in [1.82, 2.24) is 19.7 Å². The molecule has 7 heteroatoms. The molecule has 0 radical (unpaired) electrons. The maximum atomic E-state index is 12.6. The fraction of sp³-hybridized carbons (Fsp3) is 0.0952. The SMILES string of the molecule is CCn1c(C=C2C(=O)c3cnncc3C2=O)cc2sc(-c3ccccc3)nc21. The molecule has 0 unspecified atom stereocenters. The smallest absolute Gasteiger partial charge is 0.199 e. The number of thiazole rings is 1. The summed E-state index contributed by atoms with van der Waals surface area (Å²) in [7, 11) is 0. The first-order valence-electron chi connectivity index (χ1n) is 8.84. The Kier molecular flexibility index (Phi) is 3.77. The van der Waals surface area contributed by atoms with Crippen LogP contribution in [0.2, 0.25) is 0 Å². The molecule has 1 aliphatic rings. The first kappa shape index (κ1) is 16.7. The van der Waals surface area contributed by atoms with Gasteiger partial charge in [-0.05, 0) is 19.1 Å². The molecule has 1 aromatic carbocycles. The first-order chi connectivity index (χ1) is 13.7. The highest BCUT2D eigenvalue weighted by molar-refractivity contribution is 7.21. The van der Waals surface area contributed by atoms with Gasteiger partial charge >= 0.3 is 0 Å². The number of aromatic nitrogens is 4. The number of ketones is 2. The molecule has 0 fully saturated rings. The van der Waals surface area contributed by atoms with E-state index in [0.29, 0.717) is 17.7 Å². The van der Waals surface area contributed by atoms with E-state index in [9.17, 15) is 9.59 Å². The molecule has 0 N–H and O–H groups in total. The third-order valence-corrected chi connectivity index (χ3v) is 5.86. The number of benzene rings is 1. The van der Waals surface area contributed by atoms with E-state index in [2.05, 4.69) is 10.2 Å². The van der Waals surface area contributed by atoms with Crippen LogP contribution >= 0.6 is 11.3 Å². The van der Waals surface area contributed by atoms with E-state index < -0.39 is 0 Å². The second-order valence-corrected chi connectivity index (χ2v) is 7.45. The average Bonchev–Trinajstić information content (AvgIpc) is 3.35. The van der Waals surface area contributed by atoms with Crippen molar-refractivity contribution in [2.24, 2.45) is 0 Å². The van der Waals surface area contributed by atoms with Crippen LogP contribution in [-0.4, -0.2) is 31.3 Å². The topological polar surface area (TPSA) is 77.7 Å². The molecule has 0 atom stereocenters. The minimum absolute atomic E-state index is 0.146. The molecule has 3 heterocycles. The minimum Gasteiger partial charge on any atom is -0.325 e. The Morgan fingerprint density at radius 3 is 2.36 bits per heavy atom. The molecule has 136 valence electrons. The second-order valence-electron chi connectivity index (χ2n) is 6.42. The maximum absolute atomic E-state index is 12.6. The summed E-state index contributed by atoms with van der Waals surface area (Å²) in [6.45, 7) is 2.70. The van der Waals surface area contributed by atoms with E-state index in [1.165, 1.54) is 12.4 Å². The summed E-state index contributed by atoms with van der Waals surface area (Å²) in [6.07, 6.45) is 4.36. The van der Waals surface area contributed by atoms with Crippen LogP contribution in [0, 0.1) is 0 Å². The number of allylic oxidation sites excluding steroid dienone is 1. The van der Waals surface area contributed by atoms with Crippen LogP contribution in [0.4, 0.5) is 0 Å². The highest BCUT2D eigenvalue weighted by Gasteiger charge is 2.34. The highest BCUT2D eigenvalue weighted by Crippen LogP contribution is 2.34. The van der Waals surface area contributed by atoms with Crippen molar-refractivity contribution in [2.75, 3.05) is 0 Å². The van der Waals surface area contributed by atoms with Crippen molar-refractivity contribution < 1.29 is 9.59 Å². The second kappa shape index (κ2) is 6.31. The number of carbonyl (C=O) groups is 2. The zero-order valence-corrected chi connectivity index (χ0v) is 15.7. The van der Waals surface area contributed by atoms with Crippen molar-refractivity contribution in [3.05, 3.63) is 71.2 Å². The molecule has 5 rings (SSSR count). The number of hydrogen-bond acceptors (Lipinski definition) is 6. The van der Waals surface area contributed by atoms with E-state index in [1.807, 2.05) is 47.9 Å². The van der Waals surface area contributed by atoms with Crippen molar-refractivity contribution in [3.8, 4) is 10.6 Å². The van der Waals surface area contributed by atoms with Crippen LogP contribution in [0.5, 0.6) is 0 Å². The summed E-state index contributed by atoms with van der Waals surface area (Å²) >= 11 is 1.60. The molecule has 0 saturated carbocycles. The number of aryl methyl sites for hydroxylation is 1. The van der Waals surface area contributed by atoms with Gasteiger partial charge in [-0.15, -0.1) is 11.3 Å². The van der Waals surface area contributed by atoms with Crippen LogP contribution in [0.15, 0.2) is 54.4 Å². The highest BCUT2D eigenvalue weighted by atomic mass is 32.1. The number of hydrogen-bond donors (Lipinski definition) is 0. The molecule has 4 aromatic rings. The van der Waals surface area contributed by atoms with Crippen LogP contribution in [-0.2, 0) is 6.54 Å². The molecule has 6 nitrogen and oxygen atoms in total. The number of rotatable bonds is 3. The predicted molar refractivity (Wildman–Crippen MR) is 107 cm³/mol. The third-order valence-electron chi connectivity index (χ3n) is 4.82. The Bertz CT molecular complexity index is 1250.